The van der Waals surface area contributed by atoms with Crippen LogP contribution < -0.4 is 5.32 Å². The van der Waals surface area contributed by atoms with E-state index in [1.165, 1.54) is 4.90 Å². The van der Waals surface area contributed by atoms with Crippen LogP contribution in [0.4, 0.5) is 5.82 Å². The van der Waals surface area contributed by atoms with Crippen LogP contribution in [0.15, 0.2) is 12.1 Å². The molecule has 0 aliphatic rings. The molecular formula is C13H23N5O. The summed E-state index contributed by atoms with van der Waals surface area (Å²) in [5.41, 5.74) is 0.358. The predicted octanol–water partition coefficient (Wildman–Crippen LogP) is 0.930. The normalized spacial score (nSPS) is 12.3. The van der Waals surface area contributed by atoms with Crippen molar-refractivity contribution in [2.24, 2.45) is 0 Å². The summed E-state index contributed by atoms with van der Waals surface area (Å²) < 4.78 is 0. The first-order chi connectivity index (χ1) is 8.90. The minimum Gasteiger partial charge on any atom is -0.366 e. The van der Waals surface area contributed by atoms with Gasteiger partial charge in [-0.2, -0.15) is 0 Å². The number of anilines is 1. The molecule has 6 heteroatoms. The number of amides is 1. The molecule has 0 radical (unpaired) electrons. The minimum atomic E-state index is -0.139. The highest BCUT2D eigenvalue weighted by molar-refractivity contribution is 5.91. The lowest BCUT2D eigenvalue weighted by Crippen LogP contribution is -2.25. The number of carbonyl (C=O) groups is 1. The van der Waals surface area contributed by atoms with Gasteiger partial charge in [0.05, 0.1) is 0 Å². The molecule has 0 aliphatic carbocycles. The number of hydrogen-bond donors (Lipinski definition) is 1. The van der Waals surface area contributed by atoms with Gasteiger partial charge in [-0.15, -0.1) is 10.2 Å². The highest BCUT2D eigenvalue weighted by Crippen LogP contribution is 2.07. The third-order valence-electron chi connectivity index (χ3n) is 2.69. The number of carbonyl (C=O) groups excluding carboxylic acids is 1. The Morgan fingerprint density at radius 1 is 1.26 bits per heavy atom. The van der Waals surface area contributed by atoms with Crippen molar-refractivity contribution in [2.75, 3.05) is 40.1 Å². The molecular weight excluding hydrogens is 242 g/mol. The Balaban J connectivity index is 2.55. The fourth-order valence-corrected chi connectivity index (χ4v) is 1.53. The Morgan fingerprint density at radius 3 is 2.42 bits per heavy atom. The molecule has 0 saturated heterocycles. The average molecular weight is 265 g/mol. The highest BCUT2D eigenvalue weighted by atomic mass is 16.2. The molecule has 1 aromatic rings. The first kappa shape index (κ1) is 15.4. The molecule has 0 bridgehead atoms. The molecule has 0 aliphatic heterocycles. The van der Waals surface area contributed by atoms with E-state index in [1.54, 1.807) is 26.2 Å². The van der Waals surface area contributed by atoms with E-state index in [-0.39, 0.29) is 5.91 Å². The summed E-state index contributed by atoms with van der Waals surface area (Å²) in [6, 6.07) is 3.79. The van der Waals surface area contributed by atoms with Crippen LogP contribution in [0.1, 0.15) is 23.8 Å². The number of rotatable bonds is 6. The zero-order valence-electron chi connectivity index (χ0n) is 12.3. The van der Waals surface area contributed by atoms with Gasteiger partial charge in [0.2, 0.25) is 0 Å². The van der Waals surface area contributed by atoms with Gasteiger partial charge in [-0.3, -0.25) is 4.79 Å². The molecule has 1 heterocycles. The molecule has 1 rings (SSSR count). The summed E-state index contributed by atoms with van der Waals surface area (Å²) in [5, 5.41) is 11.2. The van der Waals surface area contributed by atoms with E-state index >= 15 is 0 Å². The molecule has 1 unspecified atom stereocenters. The average Bonchev–Trinajstić information content (AvgIpc) is 2.36. The second-order valence-electron chi connectivity index (χ2n) is 5.14. The zero-order chi connectivity index (χ0) is 14.4. The molecule has 6 nitrogen and oxygen atoms in total. The van der Waals surface area contributed by atoms with Crippen molar-refractivity contribution in [2.45, 2.75) is 19.4 Å². The highest BCUT2D eigenvalue weighted by Gasteiger charge is 2.10. The van der Waals surface area contributed by atoms with E-state index in [1.807, 2.05) is 14.1 Å². The molecule has 19 heavy (non-hydrogen) atoms. The first-order valence-corrected chi connectivity index (χ1v) is 6.36. The van der Waals surface area contributed by atoms with Crippen molar-refractivity contribution < 1.29 is 4.79 Å². The fourth-order valence-electron chi connectivity index (χ4n) is 1.53. The monoisotopic (exact) mass is 265 g/mol. The second-order valence-corrected chi connectivity index (χ2v) is 5.14. The van der Waals surface area contributed by atoms with Gasteiger partial charge in [-0.1, -0.05) is 0 Å². The Bertz CT molecular complexity index is 402. The summed E-state index contributed by atoms with van der Waals surface area (Å²) in [7, 11) is 7.49. The van der Waals surface area contributed by atoms with Crippen molar-refractivity contribution in [1.29, 1.82) is 0 Å². The Kier molecular flexibility index (Phi) is 5.69. The van der Waals surface area contributed by atoms with Crippen LogP contribution in [-0.4, -0.2) is 66.7 Å². The molecule has 0 fully saturated rings. The van der Waals surface area contributed by atoms with Gasteiger partial charge < -0.3 is 15.1 Å². The number of nitrogens with one attached hydrogen (secondary N) is 1. The third kappa shape index (κ3) is 5.21. The lowest BCUT2D eigenvalue weighted by Gasteiger charge is -2.17. The second kappa shape index (κ2) is 7.04. The maximum atomic E-state index is 11.7. The van der Waals surface area contributed by atoms with Gasteiger partial charge in [0.1, 0.15) is 5.82 Å². The maximum absolute atomic E-state index is 11.7. The van der Waals surface area contributed by atoms with E-state index in [0.717, 1.165) is 13.0 Å². The Hall–Kier alpha value is -1.69. The van der Waals surface area contributed by atoms with Crippen molar-refractivity contribution in [1.82, 2.24) is 20.0 Å². The van der Waals surface area contributed by atoms with Gasteiger partial charge in [-0.05, 0) is 46.1 Å². The molecule has 106 valence electrons. The van der Waals surface area contributed by atoms with E-state index < -0.39 is 0 Å². The van der Waals surface area contributed by atoms with Crippen molar-refractivity contribution in [3.8, 4) is 0 Å². The smallest absolute Gasteiger partial charge is 0.273 e. The minimum absolute atomic E-state index is 0.139. The molecule has 1 amide bonds. The SMILES string of the molecule is CC(CCN(C)C)Nc1ccc(C(=O)N(C)C)nn1. The molecule has 0 saturated carbocycles. The molecule has 0 spiro atoms. The van der Waals surface area contributed by atoms with E-state index in [0.29, 0.717) is 17.6 Å². The number of aromatic nitrogens is 2. The summed E-state index contributed by atoms with van der Waals surface area (Å²) in [6.07, 6.45) is 1.02. The maximum Gasteiger partial charge on any atom is 0.273 e. The standard InChI is InChI=1S/C13H23N5O/c1-10(8-9-17(2)3)14-12-7-6-11(15-16-12)13(19)18(4)5/h6-7,10H,8-9H2,1-5H3,(H,14,16). The van der Waals surface area contributed by atoms with Crippen LogP contribution in [0, 0.1) is 0 Å². The number of nitrogens with zero attached hydrogens (tertiary/aromatic N) is 4. The lowest BCUT2D eigenvalue weighted by molar-refractivity contribution is 0.0821. The molecule has 1 atom stereocenters. The summed E-state index contributed by atoms with van der Waals surface area (Å²) in [5.74, 6) is 0.557. The quantitative estimate of drug-likeness (QED) is 0.829. The fraction of sp³-hybridized carbons (Fsp3) is 0.615. The van der Waals surface area contributed by atoms with Crippen molar-refractivity contribution >= 4 is 11.7 Å². The summed E-state index contributed by atoms with van der Waals surface area (Å²) in [4.78, 5) is 15.3. The van der Waals surface area contributed by atoms with E-state index in [4.69, 9.17) is 0 Å². The van der Waals surface area contributed by atoms with Gasteiger partial charge in [0.25, 0.3) is 5.91 Å². The lowest BCUT2D eigenvalue weighted by atomic mass is 10.2. The van der Waals surface area contributed by atoms with Crippen molar-refractivity contribution in [3.63, 3.8) is 0 Å². The van der Waals surface area contributed by atoms with E-state index in [9.17, 15) is 4.79 Å². The van der Waals surface area contributed by atoms with Crippen LogP contribution in [0.2, 0.25) is 0 Å². The van der Waals surface area contributed by atoms with E-state index in [2.05, 4.69) is 27.3 Å². The van der Waals surface area contributed by atoms with Crippen LogP contribution in [0.5, 0.6) is 0 Å². The summed E-state index contributed by atoms with van der Waals surface area (Å²) >= 11 is 0. The largest absolute Gasteiger partial charge is 0.366 e. The van der Waals surface area contributed by atoms with Gasteiger partial charge in [0.15, 0.2) is 5.69 Å². The topological polar surface area (TPSA) is 61.4 Å². The van der Waals surface area contributed by atoms with Gasteiger partial charge in [-0.25, -0.2) is 0 Å². The van der Waals surface area contributed by atoms with Crippen LogP contribution in [0.25, 0.3) is 0 Å². The van der Waals surface area contributed by atoms with Crippen LogP contribution >= 0.6 is 0 Å². The Morgan fingerprint density at radius 2 is 1.95 bits per heavy atom. The summed E-state index contributed by atoms with van der Waals surface area (Å²) in [6.45, 7) is 3.11. The molecule has 1 N–H and O–H groups in total. The Labute approximate surface area is 114 Å². The van der Waals surface area contributed by atoms with Crippen LogP contribution in [-0.2, 0) is 0 Å². The van der Waals surface area contributed by atoms with Gasteiger partial charge >= 0.3 is 0 Å². The zero-order valence-corrected chi connectivity index (χ0v) is 12.3. The first-order valence-electron chi connectivity index (χ1n) is 6.36. The van der Waals surface area contributed by atoms with Crippen LogP contribution in [0.3, 0.4) is 0 Å². The molecule has 0 aromatic carbocycles. The number of hydrogen-bond acceptors (Lipinski definition) is 5. The predicted molar refractivity (Wildman–Crippen MR) is 76.3 cm³/mol. The van der Waals surface area contributed by atoms with Crippen molar-refractivity contribution in [3.05, 3.63) is 17.8 Å². The molecule has 1 aromatic heterocycles. The third-order valence-corrected chi connectivity index (χ3v) is 2.69. The van der Waals surface area contributed by atoms with Gasteiger partial charge in [0, 0.05) is 20.1 Å².